The highest BCUT2D eigenvalue weighted by atomic mass is 16.4. The van der Waals surface area contributed by atoms with E-state index < -0.39 is 23.8 Å². The Hall–Kier alpha value is -1.06. The summed E-state index contributed by atoms with van der Waals surface area (Å²) in [5.41, 5.74) is 0. The van der Waals surface area contributed by atoms with E-state index in [4.69, 9.17) is 10.2 Å². The first-order valence-electron chi connectivity index (χ1n) is 3.08. The first-order valence-corrected chi connectivity index (χ1v) is 3.08. The van der Waals surface area contributed by atoms with Gasteiger partial charge in [-0.15, -0.1) is 0 Å². The Morgan fingerprint density at radius 3 is 1.40 bits per heavy atom. The quantitative estimate of drug-likeness (QED) is 0.579. The number of carboxylic acid groups (broad SMARTS) is 2. The third-order valence-corrected chi connectivity index (χ3v) is 1.91. The lowest BCUT2D eigenvalue weighted by Crippen LogP contribution is -2.37. The van der Waals surface area contributed by atoms with Gasteiger partial charge in [-0.05, 0) is 12.8 Å². The molecule has 0 unspecified atom stereocenters. The smallest absolute Gasteiger partial charge is 0.307 e. The minimum Gasteiger partial charge on any atom is -0.481 e. The standard InChI is InChI=1S/C6H8O4/c7-5(8)3-1-2-4(3)6(9)10/h3-4H,1-2H2,(H,7,8)(H,9,10)/t3-,4+. The highest BCUT2D eigenvalue weighted by Crippen LogP contribution is 2.34. The molecule has 4 nitrogen and oxygen atoms in total. The second-order valence-electron chi connectivity index (χ2n) is 2.47. The van der Waals surface area contributed by atoms with E-state index in [-0.39, 0.29) is 0 Å². The molecule has 0 saturated heterocycles. The Bertz CT molecular complexity index is 155. The molecule has 0 spiro atoms. The van der Waals surface area contributed by atoms with Crippen molar-refractivity contribution < 1.29 is 19.8 Å². The molecule has 0 amide bonds. The molecule has 2 atom stereocenters. The van der Waals surface area contributed by atoms with Gasteiger partial charge in [-0.25, -0.2) is 0 Å². The summed E-state index contributed by atoms with van der Waals surface area (Å²) in [5, 5.41) is 16.8. The van der Waals surface area contributed by atoms with E-state index in [0.29, 0.717) is 12.8 Å². The van der Waals surface area contributed by atoms with E-state index in [1.165, 1.54) is 0 Å². The molecule has 0 aromatic rings. The molecule has 1 rings (SSSR count). The molecule has 0 radical (unpaired) electrons. The van der Waals surface area contributed by atoms with Crippen LogP contribution in [0.1, 0.15) is 12.8 Å². The lowest BCUT2D eigenvalue weighted by molar-refractivity contribution is -0.160. The number of hydrogen-bond acceptors (Lipinski definition) is 2. The topological polar surface area (TPSA) is 74.6 Å². The third-order valence-electron chi connectivity index (χ3n) is 1.91. The zero-order valence-corrected chi connectivity index (χ0v) is 5.28. The van der Waals surface area contributed by atoms with E-state index in [2.05, 4.69) is 0 Å². The molecule has 0 aromatic carbocycles. The van der Waals surface area contributed by atoms with Gasteiger partial charge in [0.2, 0.25) is 0 Å². The van der Waals surface area contributed by atoms with Crippen molar-refractivity contribution >= 4 is 11.9 Å². The average Bonchev–Trinajstić information content (AvgIpc) is 1.56. The van der Waals surface area contributed by atoms with Crippen LogP contribution in [0.3, 0.4) is 0 Å². The normalized spacial score (nSPS) is 30.8. The van der Waals surface area contributed by atoms with Crippen molar-refractivity contribution in [3.8, 4) is 0 Å². The molecule has 1 fully saturated rings. The lowest BCUT2D eigenvalue weighted by Gasteiger charge is -2.29. The van der Waals surface area contributed by atoms with Crippen molar-refractivity contribution in [1.82, 2.24) is 0 Å². The van der Waals surface area contributed by atoms with Gasteiger partial charge in [0.25, 0.3) is 0 Å². The van der Waals surface area contributed by atoms with Gasteiger partial charge in [-0.1, -0.05) is 0 Å². The van der Waals surface area contributed by atoms with Crippen molar-refractivity contribution in [2.75, 3.05) is 0 Å². The predicted molar refractivity (Wildman–Crippen MR) is 31.5 cm³/mol. The van der Waals surface area contributed by atoms with Crippen LogP contribution in [0.5, 0.6) is 0 Å². The Balaban J connectivity index is 2.51. The van der Waals surface area contributed by atoms with Crippen LogP contribution in [-0.4, -0.2) is 22.2 Å². The van der Waals surface area contributed by atoms with Crippen LogP contribution in [0.25, 0.3) is 0 Å². The van der Waals surface area contributed by atoms with Crippen molar-refractivity contribution in [1.29, 1.82) is 0 Å². The monoisotopic (exact) mass is 144 g/mol. The minimum atomic E-state index is -0.987. The molecular weight excluding hydrogens is 136 g/mol. The fourth-order valence-electron chi connectivity index (χ4n) is 1.09. The Labute approximate surface area is 57.5 Å². The van der Waals surface area contributed by atoms with Crippen molar-refractivity contribution in [3.63, 3.8) is 0 Å². The summed E-state index contributed by atoms with van der Waals surface area (Å²) in [6.07, 6.45) is 1.01. The van der Waals surface area contributed by atoms with Gasteiger partial charge in [0, 0.05) is 0 Å². The predicted octanol–water partition coefficient (Wildman–Crippen LogP) is 0.182. The Morgan fingerprint density at radius 2 is 1.30 bits per heavy atom. The highest BCUT2D eigenvalue weighted by Gasteiger charge is 2.41. The molecular formula is C6H8O4. The van der Waals surface area contributed by atoms with Crippen LogP contribution in [0.4, 0.5) is 0 Å². The highest BCUT2D eigenvalue weighted by molar-refractivity contribution is 5.81. The van der Waals surface area contributed by atoms with Gasteiger partial charge in [0.05, 0.1) is 11.8 Å². The van der Waals surface area contributed by atoms with Crippen molar-refractivity contribution in [2.45, 2.75) is 12.8 Å². The molecule has 56 valence electrons. The first-order chi connectivity index (χ1) is 4.63. The fraction of sp³-hybridized carbons (Fsp3) is 0.667. The van der Waals surface area contributed by atoms with Gasteiger partial charge in [0.15, 0.2) is 0 Å². The molecule has 4 heteroatoms. The number of carboxylic acids is 2. The Kier molecular flexibility index (Phi) is 1.61. The van der Waals surface area contributed by atoms with E-state index in [0.717, 1.165) is 0 Å². The first kappa shape index (κ1) is 7.05. The summed E-state index contributed by atoms with van der Waals surface area (Å²) >= 11 is 0. The van der Waals surface area contributed by atoms with Crippen LogP contribution in [0.15, 0.2) is 0 Å². The largest absolute Gasteiger partial charge is 0.481 e. The van der Waals surface area contributed by atoms with Gasteiger partial charge in [0.1, 0.15) is 0 Å². The summed E-state index contributed by atoms with van der Waals surface area (Å²) < 4.78 is 0. The SMILES string of the molecule is O=C(O)[C@H]1CC[C@H]1C(=O)O. The fourth-order valence-corrected chi connectivity index (χ4v) is 1.09. The number of rotatable bonds is 2. The summed E-state index contributed by atoms with van der Waals surface area (Å²) in [5.74, 6) is -3.26. The van der Waals surface area contributed by atoms with Crippen LogP contribution in [0, 0.1) is 11.8 Å². The maximum atomic E-state index is 10.2. The van der Waals surface area contributed by atoms with E-state index in [9.17, 15) is 9.59 Å². The van der Waals surface area contributed by atoms with Crippen molar-refractivity contribution in [2.24, 2.45) is 11.8 Å². The molecule has 0 heterocycles. The molecule has 1 aliphatic carbocycles. The lowest BCUT2D eigenvalue weighted by atomic mass is 9.74. The van der Waals surface area contributed by atoms with Gasteiger partial charge >= 0.3 is 11.9 Å². The maximum Gasteiger partial charge on any atom is 0.307 e. The van der Waals surface area contributed by atoms with Gasteiger partial charge in [-0.3, -0.25) is 9.59 Å². The molecule has 0 aromatic heterocycles. The molecule has 2 N–H and O–H groups in total. The van der Waals surface area contributed by atoms with Crippen LogP contribution in [0.2, 0.25) is 0 Å². The molecule has 1 saturated carbocycles. The second kappa shape index (κ2) is 2.28. The molecule has 0 bridgehead atoms. The maximum absolute atomic E-state index is 10.2. The Morgan fingerprint density at radius 1 is 1.00 bits per heavy atom. The minimum absolute atomic E-state index is 0.506. The molecule has 10 heavy (non-hydrogen) atoms. The summed E-state index contributed by atoms with van der Waals surface area (Å²) in [6, 6.07) is 0. The third kappa shape index (κ3) is 0.964. The number of carbonyl (C=O) groups is 2. The number of aliphatic carboxylic acids is 2. The van der Waals surface area contributed by atoms with Crippen LogP contribution < -0.4 is 0 Å². The zero-order chi connectivity index (χ0) is 7.72. The van der Waals surface area contributed by atoms with Gasteiger partial charge < -0.3 is 10.2 Å². The molecule has 1 aliphatic rings. The summed E-state index contributed by atoms with van der Waals surface area (Å²) in [7, 11) is 0. The van der Waals surface area contributed by atoms with Crippen LogP contribution >= 0.6 is 0 Å². The van der Waals surface area contributed by atoms with Gasteiger partial charge in [-0.2, -0.15) is 0 Å². The zero-order valence-electron chi connectivity index (χ0n) is 5.28. The van der Waals surface area contributed by atoms with Crippen LogP contribution in [-0.2, 0) is 9.59 Å². The summed E-state index contributed by atoms with van der Waals surface area (Å²) in [4.78, 5) is 20.5. The van der Waals surface area contributed by atoms with E-state index in [1.54, 1.807) is 0 Å². The van der Waals surface area contributed by atoms with Crippen molar-refractivity contribution in [3.05, 3.63) is 0 Å². The second-order valence-corrected chi connectivity index (χ2v) is 2.47. The average molecular weight is 144 g/mol. The van der Waals surface area contributed by atoms with E-state index >= 15 is 0 Å². The number of hydrogen-bond donors (Lipinski definition) is 2. The van der Waals surface area contributed by atoms with E-state index in [1.807, 2.05) is 0 Å². The molecule has 0 aliphatic heterocycles. The summed E-state index contributed by atoms with van der Waals surface area (Å²) in [6.45, 7) is 0.